The molecule has 2 N–H and O–H groups in total. The van der Waals surface area contributed by atoms with E-state index in [1.54, 1.807) is 6.20 Å². The van der Waals surface area contributed by atoms with Gasteiger partial charge in [-0.3, -0.25) is 4.79 Å². The fourth-order valence-corrected chi connectivity index (χ4v) is 4.45. The lowest BCUT2D eigenvalue weighted by molar-refractivity contribution is -0.00374. The Hall–Kier alpha value is -2.85. The number of amides is 1. The molecule has 1 saturated heterocycles. The zero-order chi connectivity index (χ0) is 19.1. The molecule has 1 amide bonds. The van der Waals surface area contributed by atoms with Gasteiger partial charge in [-0.25, -0.2) is 9.97 Å². The van der Waals surface area contributed by atoms with Gasteiger partial charge in [-0.2, -0.15) is 0 Å². The molecule has 4 heterocycles. The van der Waals surface area contributed by atoms with E-state index in [0.717, 1.165) is 54.2 Å². The molecule has 2 aliphatic rings. The minimum atomic E-state index is -0.140. The number of hydrogen-bond donors (Lipinski definition) is 2. The number of H-pyrrole nitrogens is 1. The number of aromatic amines is 1. The minimum Gasteiger partial charge on any atom is -0.377 e. The van der Waals surface area contributed by atoms with Crippen LogP contribution in [-0.4, -0.2) is 44.7 Å². The van der Waals surface area contributed by atoms with Crippen molar-refractivity contribution in [1.82, 2.24) is 24.8 Å². The van der Waals surface area contributed by atoms with Gasteiger partial charge in [0.25, 0.3) is 5.91 Å². The molecule has 1 aliphatic heterocycles. The van der Waals surface area contributed by atoms with Gasteiger partial charge in [0.1, 0.15) is 11.2 Å². The molecular weight excluding hydrogens is 354 g/mol. The second-order valence-corrected chi connectivity index (χ2v) is 7.83. The first kappa shape index (κ1) is 17.3. The van der Waals surface area contributed by atoms with Crippen molar-refractivity contribution in [2.75, 3.05) is 13.2 Å². The van der Waals surface area contributed by atoms with Crippen LogP contribution in [0, 0.1) is 18.3 Å². The van der Waals surface area contributed by atoms with Gasteiger partial charge in [0.2, 0.25) is 0 Å². The highest BCUT2D eigenvalue weighted by Crippen LogP contribution is 2.37. The van der Waals surface area contributed by atoms with Crippen molar-refractivity contribution in [3.05, 3.63) is 24.3 Å². The molecule has 0 radical (unpaired) electrons. The number of carbonyl (C=O) groups is 1. The predicted octanol–water partition coefficient (Wildman–Crippen LogP) is 2.80. The average Bonchev–Trinajstić information content (AvgIpc) is 3.29. The number of fused-ring (bicyclic) bond motifs is 3. The normalized spacial score (nSPS) is 22.8. The zero-order valence-corrected chi connectivity index (χ0v) is 15.6. The average molecular weight is 377 g/mol. The lowest BCUT2D eigenvalue weighted by Gasteiger charge is -2.31. The molecule has 7 nitrogen and oxygen atoms in total. The maximum atomic E-state index is 13.0. The molecule has 7 heteroatoms. The third kappa shape index (κ3) is 2.85. The molecule has 1 saturated carbocycles. The summed E-state index contributed by atoms with van der Waals surface area (Å²) in [6, 6.07) is 2.31. The summed E-state index contributed by atoms with van der Waals surface area (Å²) < 4.78 is 7.33. The fourth-order valence-electron chi connectivity index (χ4n) is 4.45. The Labute approximate surface area is 162 Å². The summed E-state index contributed by atoms with van der Waals surface area (Å²) in [6.07, 6.45) is 14.1. The van der Waals surface area contributed by atoms with Crippen LogP contribution in [0.4, 0.5) is 0 Å². The first-order chi connectivity index (χ1) is 13.7. The Kier molecular flexibility index (Phi) is 4.29. The molecular formula is C21H23N5O2. The highest BCUT2D eigenvalue weighted by Gasteiger charge is 2.30. The van der Waals surface area contributed by atoms with Crippen LogP contribution in [-0.2, 0) is 4.74 Å². The van der Waals surface area contributed by atoms with Crippen LogP contribution in [0.3, 0.4) is 0 Å². The van der Waals surface area contributed by atoms with Crippen LogP contribution in [0.1, 0.15) is 48.8 Å². The van der Waals surface area contributed by atoms with E-state index in [9.17, 15) is 4.79 Å². The molecule has 3 aromatic rings. The number of aromatic nitrogens is 4. The second kappa shape index (κ2) is 6.95. The van der Waals surface area contributed by atoms with Crippen molar-refractivity contribution >= 4 is 28.0 Å². The zero-order valence-electron chi connectivity index (χ0n) is 15.6. The Bertz CT molecular complexity index is 1060. The second-order valence-electron chi connectivity index (χ2n) is 7.83. The van der Waals surface area contributed by atoms with Gasteiger partial charge < -0.3 is 19.6 Å². The first-order valence-corrected chi connectivity index (χ1v) is 9.90. The first-order valence-electron chi connectivity index (χ1n) is 9.90. The molecule has 0 bridgehead atoms. The molecule has 2 fully saturated rings. The fraction of sp³-hybridized carbons (Fsp3) is 0.476. The Morgan fingerprint density at radius 2 is 2.18 bits per heavy atom. The number of imidazole rings is 1. The number of nitrogens with one attached hydrogen (secondary N) is 2. The molecule has 28 heavy (non-hydrogen) atoms. The third-order valence-electron chi connectivity index (χ3n) is 6.00. The van der Waals surface area contributed by atoms with Crippen LogP contribution < -0.4 is 5.32 Å². The van der Waals surface area contributed by atoms with E-state index in [2.05, 4.69) is 30.8 Å². The third-order valence-corrected chi connectivity index (χ3v) is 6.00. The van der Waals surface area contributed by atoms with E-state index in [-0.39, 0.29) is 18.0 Å². The van der Waals surface area contributed by atoms with Crippen molar-refractivity contribution in [3.8, 4) is 12.3 Å². The maximum Gasteiger partial charge on any atom is 0.287 e. The summed E-state index contributed by atoms with van der Waals surface area (Å²) in [5.74, 6) is 3.70. The van der Waals surface area contributed by atoms with Gasteiger partial charge >= 0.3 is 0 Å². The largest absolute Gasteiger partial charge is 0.377 e. The highest BCUT2D eigenvalue weighted by atomic mass is 16.5. The maximum absolute atomic E-state index is 13.0. The van der Waals surface area contributed by atoms with Gasteiger partial charge in [-0.05, 0) is 37.7 Å². The SMILES string of the molecule is C#CCC1CCC(n2c(C(=O)NC3COC3)nc3cnc4[nH]ccc4c32)CC1. The molecule has 144 valence electrons. The lowest BCUT2D eigenvalue weighted by Crippen LogP contribution is -2.49. The Morgan fingerprint density at radius 3 is 2.89 bits per heavy atom. The van der Waals surface area contributed by atoms with Crippen LogP contribution in [0.5, 0.6) is 0 Å². The van der Waals surface area contributed by atoms with Crippen molar-refractivity contribution in [2.45, 2.75) is 44.2 Å². The monoisotopic (exact) mass is 377 g/mol. The van der Waals surface area contributed by atoms with Crippen molar-refractivity contribution < 1.29 is 9.53 Å². The summed E-state index contributed by atoms with van der Waals surface area (Å²) in [4.78, 5) is 25.3. The van der Waals surface area contributed by atoms with E-state index in [1.165, 1.54) is 0 Å². The van der Waals surface area contributed by atoms with Crippen molar-refractivity contribution in [3.63, 3.8) is 0 Å². The number of carbonyl (C=O) groups excluding carboxylic acids is 1. The molecule has 1 aliphatic carbocycles. The number of rotatable bonds is 4. The minimum absolute atomic E-state index is 0.0672. The quantitative estimate of drug-likeness (QED) is 0.685. The molecule has 0 spiro atoms. The van der Waals surface area contributed by atoms with Crippen molar-refractivity contribution in [2.24, 2.45) is 5.92 Å². The van der Waals surface area contributed by atoms with E-state index in [0.29, 0.717) is 25.0 Å². The predicted molar refractivity (Wildman–Crippen MR) is 106 cm³/mol. The summed E-state index contributed by atoms with van der Waals surface area (Å²) in [5, 5.41) is 4.04. The van der Waals surface area contributed by atoms with Crippen LogP contribution in [0.15, 0.2) is 18.5 Å². The summed E-state index contributed by atoms with van der Waals surface area (Å²) in [6.45, 7) is 1.12. The van der Waals surface area contributed by atoms with Gasteiger partial charge in [0, 0.05) is 24.0 Å². The molecule has 5 rings (SSSR count). The topological polar surface area (TPSA) is 84.8 Å². The van der Waals surface area contributed by atoms with Crippen LogP contribution >= 0.6 is 0 Å². The summed E-state index contributed by atoms with van der Waals surface area (Å²) in [5.41, 5.74) is 2.56. The van der Waals surface area contributed by atoms with E-state index in [1.807, 2.05) is 12.3 Å². The molecule has 0 unspecified atom stereocenters. The van der Waals surface area contributed by atoms with Gasteiger partial charge in [-0.1, -0.05) is 0 Å². The molecule has 3 aromatic heterocycles. The van der Waals surface area contributed by atoms with E-state index in [4.69, 9.17) is 11.2 Å². The Morgan fingerprint density at radius 1 is 1.36 bits per heavy atom. The molecule has 0 aromatic carbocycles. The molecule has 0 atom stereocenters. The van der Waals surface area contributed by atoms with Crippen LogP contribution in [0.2, 0.25) is 0 Å². The van der Waals surface area contributed by atoms with E-state index < -0.39 is 0 Å². The Balaban J connectivity index is 1.57. The van der Waals surface area contributed by atoms with Gasteiger partial charge in [-0.15, -0.1) is 12.3 Å². The summed E-state index contributed by atoms with van der Waals surface area (Å²) in [7, 11) is 0. The van der Waals surface area contributed by atoms with Gasteiger partial charge in [0.05, 0.1) is 31.0 Å². The lowest BCUT2D eigenvalue weighted by atomic mass is 9.84. The van der Waals surface area contributed by atoms with Crippen LogP contribution in [0.25, 0.3) is 22.1 Å². The number of ether oxygens (including phenoxy) is 1. The summed E-state index contributed by atoms with van der Waals surface area (Å²) >= 11 is 0. The number of hydrogen-bond acceptors (Lipinski definition) is 4. The number of nitrogens with zero attached hydrogens (tertiary/aromatic N) is 3. The van der Waals surface area contributed by atoms with Gasteiger partial charge in [0.15, 0.2) is 5.82 Å². The number of pyridine rings is 1. The van der Waals surface area contributed by atoms with E-state index >= 15 is 0 Å². The van der Waals surface area contributed by atoms with Crippen molar-refractivity contribution in [1.29, 1.82) is 0 Å². The number of terminal acetylenes is 1. The standard InChI is InChI=1S/C21H23N5O2/c1-2-3-13-4-6-15(7-5-13)26-18-16-8-9-22-19(16)23-10-17(18)25-20(26)21(27)24-14-11-28-12-14/h1,8-10,13-15H,3-7,11-12H2,(H,22,23)(H,24,27). The smallest absolute Gasteiger partial charge is 0.287 e. The highest BCUT2D eigenvalue weighted by molar-refractivity contribution is 6.04.